The van der Waals surface area contributed by atoms with Crippen LogP contribution in [0.25, 0.3) is 22.3 Å². The van der Waals surface area contributed by atoms with Crippen molar-refractivity contribution < 1.29 is 27.5 Å². The molecule has 0 aliphatic carbocycles. The van der Waals surface area contributed by atoms with Gasteiger partial charge in [0.15, 0.2) is 5.65 Å². The van der Waals surface area contributed by atoms with Crippen molar-refractivity contribution >= 4 is 28.9 Å². The molecular weight excluding hydrogens is 565 g/mol. The van der Waals surface area contributed by atoms with Crippen LogP contribution < -0.4 is 11.1 Å². The van der Waals surface area contributed by atoms with E-state index in [4.69, 9.17) is 15.6 Å². The van der Waals surface area contributed by atoms with Gasteiger partial charge in [0.2, 0.25) is 0 Å². The molecule has 1 atom stereocenters. The summed E-state index contributed by atoms with van der Waals surface area (Å²) >= 11 is 0. The summed E-state index contributed by atoms with van der Waals surface area (Å²) in [6, 6.07) is 8.67. The molecule has 0 bridgehead atoms. The molecule has 1 aliphatic heterocycles. The number of pyridine rings is 1. The molecule has 0 unspecified atom stereocenters. The van der Waals surface area contributed by atoms with Crippen molar-refractivity contribution in [3.63, 3.8) is 0 Å². The van der Waals surface area contributed by atoms with Crippen LogP contribution in [0.4, 0.5) is 23.8 Å². The molecule has 5 rings (SSSR count). The molecule has 14 heteroatoms. The van der Waals surface area contributed by atoms with E-state index >= 15 is 0 Å². The predicted molar refractivity (Wildman–Crippen MR) is 152 cm³/mol. The number of carbonyl (C=O) groups excluding carboxylic acids is 2. The van der Waals surface area contributed by atoms with Gasteiger partial charge in [-0.2, -0.15) is 18.3 Å². The monoisotopic (exact) mass is 596 g/mol. The Labute approximate surface area is 245 Å². The Kier molecular flexibility index (Phi) is 7.95. The van der Waals surface area contributed by atoms with Crippen LogP contribution in [-0.2, 0) is 17.5 Å². The van der Waals surface area contributed by atoms with Gasteiger partial charge in [0.1, 0.15) is 29.1 Å². The van der Waals surface area contributed by atoms with Crippen LogP contribution in [0.5, 0.6) is 0 Å². The predicted octanol–water partition coefficient (Wildman–Crippen LogP) is 4.99. The number of amides is 2. The Hall–Kier alpha value is -4.75. The van der Waals surface area contributed by atoms with E-state index < -0.39 is 29.5 Å². The molecule has 43 heavy (non-hydrogen) atoms. The number of anilines is 1. The molecular formula is C29H31F3N8O3. The van der Waals surface area contributed by atoms with Crippen molar-refractivity contribution in [3.05, 3.63) is 65.7 Å². The number of ether oxygens (including phenoxy) is 1. The van der Waals surface area contributed by atoms with Gasteiger partial charge < -0.3 is 20.7 Å². The SMILES string of the molecule is CC(C)(C)OC(=O)N1CCC[C@@H](n2nc(-c3cccc(C(=O)NCc4ccc(C(F)(F)F)nc4)c3)c3c(N)ncnc32)C1. The number of benzene rings is 1. The summed E-state index contributed by atoms with van der Waals surface area (Å²) in [5.74, 6) is -0.217. The van der Waals surface area contributed by atoms with E-state index in [-0.39, 0.29) is 18.4 Å². The second-order valence-corrected chi connectivity index (χ2v) is 11.3. The summed E-state index contributed by atoms with van der Waals surface area (Å²) < 4.78 is 45.7. The molecule has 2 amide bonds. The highest BCUT2D eigenvalue weighted by Gasteiger charge is 2.32. The molecule has 226 valence electrons. The molecule has 1 fully saturated rings. The molecule has 0 saturated carbocycles. The standard InChI is InChI=1S/C29H31F3N8O3/c1-28(2,3)43-27(42)39-11-5-8-20(15-39)40-25-22(24(33)36-16-37-25)23(38-40)18-6-4-7-19(12-18)26(41)35-14-17-9-10-21(34-13-17)29(30,31)32/h4,6-7,9-10,12-13,16,20H,5,8,11,14-15H2,1-3H3,(H,35,41)(H2,33,36,37)/t20-/m1/s1. The van der Waals surface area contributed by atoms with Gasteiger partial charge in [-0.25, -0.2) is 19.4 Å². The number of likely N-dealkylation sites (tertiary alicyclic amines) is 1. The van der Waals surface area contributed by atoms with Gasteiger partial charge in [0.05, 0.1) is 11.4 Å². The number of hydrogen-bond donors (Lipinski definition) is 2. The number of fused-ring (bicyclic) bond motifs is 1. The largest absolute Gasteiger partial charge is 0.444 e. The number of rotatable bonds is 5. The van der Waals surface area contributed by atoms with Crippen LogP contribution in [0.3, 0.4) is 0 Å². The number of nitrogen functional groups attached to an aromatic ring is 1. The van der Waals surface area contributed by atoms with Crippen molar-refractivity contribution in [2.75, 3.05) is 18.8 Å². The number of nitrogens with one attached hydrogen (secondary N) is 1. The van der Waals surface area contributed by atoms with Crippen LogP contribution in [0, 0.1) is 0 Å². The minimum Gasteiger partial charge on any atom is -0.444 e. The number of piperidine rings is 1. The lowest BCUT2D eigenvalue weighted by molar-refractivity contribution is -0.141. The van der Waals surface area contributed by atoms with Crippen molar-refractivity contribution in [1.29, 1.82) is 0 Å². The number of carbonyl (C=O) groups is 2. The number of aromatic nitrogens is 5. The van der Waals surface area contributed by atoms with E-state index in [1.54, 1.807) is 33.8 Å². The lowest BCUT2D eigenvalue weighted by Gasteiger charge is -2.34. The third-order valence-electron chi connectivity index (χ3n) is 6.88. The van der Waals surface area contributed by atoms with Gasteiger partial charge in [-0.3, -0.25) is 9.78 Å². The second-order valence-electron chi connectivity index (χ2n) is 11.3. The Morgan fingerprint density at radius 1 is 1.12 bits per heavy atom. The molecule has 1 aromatic carbocycles. The molecule has 11 nitrogen and oxygen atoms in total. The maximum Gasteiger partial charge on any atom is 0.433 e. The van der Waals surface area contributed by atoms with E-state index in [1.165, 1.54) is 12.4 Å². The van der Waals surface area contributed by atoms with E-state index in [0.717, 1.165) is 25.1 Å². The van der Waals surface area contributed by atoms with Crippen molar-refractivity contribution in [2.45, 2.75) is 58.0 Å². The fourth-order valence-corrected chi connectivity index (χ4v) is 4.89. The fraction of sp³-hybridized carbons (Fsp3) is 0.379. The molecule has 4 aromatic rings. The summed E-state index contributed by atoms with van der Waals surface area (Å²) in [6.45, 7) is 6.38. The topological polar surface area (TPSA) is 141 Å². The minimum atomic E-state index is -4.54. The van der Waals surface area contributed by atoms with Gasteiger partial charge in [-0.15, -0.1) is 0 Å². The van der Waals surface area contributed by atoms with E-state index in [2.05, 4.69) is 20.3 Å². The summed E-state index contributed by atoms with van der Waals surface area (Å²) in [5.41, 5.74) is 6.96. The maximum absolute atomic E-state index is 13.0. The molecule has 3 N–H and O–H groups in total. The van der Waals surface area contributed by atoms with Crippen LogP contribution in [0.15, 0.2) is 48.9 Å². The average molecular weight is 597 g/mol. The Balaban J connectivity index is 1.39. The summed E-state index contributed by atoms with van der Waals surface area (Å²) in [4.78, 5) is 39.4. The molecule has 0 radical (unpaired) electrons. The van der Waals surface area contributed by atoms with Gasteiger partial charge in [-0.1, -0.05) is 18.2 Å². The maximum atomic E-state index is 13.0. The lowest BCUT2D eigenvalue weighted by Crippen LogP contribution is -2.43. The first-order valence-corrected chi connectivity index (χ1v) is 13.7. The number of alkyl halides is 3. The first kappa shape index (κ1) is 29.7. The van der Waals surface area contributed by atoms with Gasteiger partial charge >= 0.3 is 12.3 Å². The van der Waals surface area contributed by atoms with Crippen molar-refractivity contribution in [2.24, 2.45) is 0 Å². The Morgan fingerprint density at radius 3 is 2.60 bits per heavy atom. The van der Waals surface area contributed by atoms with Gasteiger partial charge in [-0.05, 0) is 57.4 Å². The minimum absolute atomic E-state index is 0.0115. The van der Waals surface area contributed by atoms with Crippen LogP contribution in [-0.4, -0.2) is 60.3 Å². The molecule has 1 aliphatic rings. The fourth-order valence-electron chi connectivity index (χ4n) is 4.89. The van der Waals surface area contributed by atoms with Crippen LogP contribution in [0.2, 0.25) is 0 Å². The quantitative estimate of drug-likeness (QED) is 0.328. The summed E-state index contributed by atoms with van der Waals surface area (Å²) in [7, 11) is 0. The van der Waals surface area contributed by atoms with Crippen LogP contribution in [0.1, 0.15) is 61.3 Å². The van der Waals surface area contributed by atoms with Crippen LogP contribution >= 0.6 is 0 Å². The zero-order valence-electron chi connectivity index (χ0n) is 23.9. The zero-order valence-corrected chi connectivity index (χ0v) is 23.9. The Bertz CT molecular complexity index is 1650. The highest BCUT2D eigenvalue weighted by molar-refractivity contribution is 6.00. The summed E-state index contributed by atoms with van der Waals surface area (Å²) in [5, 5.41) is 8.08. The van der Waals surface area contributed by atoms with E-state index in [1.807, 2.05) is 20.8 Å². The van der Waals surface area contributed by atoms with Crippen molar-refractivity contribution in [3.8, 4) is 11.3 Å². The van der Waals surface area contributed by atoms with Gasteiger partial charge in [0, 0.05) is 37.0 Å². The lowest BCUT2D eigenvalue weighted by atomic mass is 10.1. The number of halogens is 3. The number of nitrogens with zero attached hydrogens (tertiary/aromatic N) is 6. The Morgan fingerprint density at radius 2 is 1.91 bits per heavy atom. The molecule has 0 spiro atoms. The smallest absolute Gasteiger partial charge is 0.433 e. The second kappa shape index (κ2) is 11.5. The molecule has 1 saturated heterocycles. The molecule has 4 heterocycles. The van der Waals surface area contributed by atoms with Crippen molar-refractivity contribution in [1.82, 2.24) is 34.9 Å². The van der Waals surface area contributed by atoms with E-state index in [9.17, 15) is 22.8 Å². The first-order valence-electron chi connectivity index (χ1n) is 13.7. The first-order chi connectivity index (χ1) is 20.3. The van der Waals surface area contributed by atoms with E-state index in [0.29, 0.717) is 46.5 Å². The van der Waals surface area contributed by atoms with Gasteiger partial charge in [0.25, 0.3) is 5.91 Å². The highest BCUT2D eigenvalue weighted by atomic mass is 19.4. The number of hydrogen-bond acceptors (Lipinski definition) is 8. The third-order valence-corrected chi connectivity index (χ3v) is 6.88. The molecule has 3 aromatic heterocycles. The highest BCUT2D eigenvalue weighted by Crippen LogP contribution is 2.34. The third kappa shape index (κ3) is 6.68. The summed E-state index contributed by atoms with van der Waals surface area (Å²) in [6.07, 6.45) is -1.01. The average Bonchev–Trinajstić information content (AvgIpc) is 3.36. The number of nitrogens with two attached hydrogens (primary N) is 1. The normalized spacial score (nSPS) is 15.9. The zero-order chi connectivity index (χ0) is 30.9.